The van der Waals surface area contributed by atoms with E-state index in [-0.39, 0.29) is 0 Å². The fraction of sp³-hybridized carbons (Fsp3) is 0.556. The lowest BCUT2D eigenvalue weighted by atomic mass is 10.1. The number of nitrogens with zero attached hydrogens (tertiary/aromatic N) is 1. The summed E-state index contributed by atoms with van der Waals surface area (Å²) in [6.07, 6.45) is -4.80. The van der Waals surface area contributed by atoms with Gasteiger partial charge in [0.25, 0.3) is 5.56 Å². The smallest absolute Gasteiger partial charge is 0.386 e. The Morgan fingerprint density at radius 3 is 2.27 bits per heavy atom. The highest BCUT2D eigenvalue weighted by molar-refractivity contribution is 7.66. The van der Waals surface area contributed by atoms with Crippen LogP contribution in [-0.4, -0.2) is 63.2 Å². The van der Waals surface area contributed by atoms with Crippen molar-refractivity contribution in [1.29, 1.82) is 0 Å². The predicted molar refractivity (Wildman–Crippen MR) is 91.9 cm³/mol. The van der Waals surface area contributed by atoms with E-state index in [0.29, 0.717) is 4.57 Å². The Bertz CT molecular complexity index is 1050. The molecule has 0 aromatic carbocycles. The van der Waals surface area contributed by atoms with E-state index < -0.39 is 64.8 Å². The molecule has 1 aliphatic rings. The number of aromatic nitrogens is 2. The summed E-state index contributed by atoms with van der Waals surface area (Å²) in [6, 6.07) is 0.879. The van der Waals surface area contributed by atoms with E-state index in [1.54, 1.807) is 0 Å². The molecule has 0 spiro atoms. The third kappa shape index (κ3) is 6.38. The van der Waals surface area contributed by atoms with Gasteiger partial charge in [-0.25, -0.2) is 18.5 Å². The summed E-state index contributed by atoms with van der Waals surface area (Å²) in [5.74, 6) is 0. The van der Waals surface area contributed by atoms with E-state index in [2.05, 4.69) is 13.1 Å². The molecule has 6 atom stereocenters. The van der Waals surface area contributed by atoms with Crippen molar-refractivity contribution in [2.24, 2.45) is 0 Å². The zero-order valence-electron chi connectivity index (χ0n) is 14.1. The molecule has 0 bridgehead atoms. The molecule has 172 valence electrons. The SMILES string of the molecule is O=c1ccn([C@@H]2O[C@](Cl)(COP(=O)(O)OP(=O)(O)OP(=O)(O)O)[C@@H](O)[C@H]2O)c(=O)[nH]1. The van der Waals surface area contributed by atoms with Crippen molar-refractivity contribution >= 4 is 35.1 Å². The Morgan fingerprint density at radius 1 is 1.13 bits per heavy atom. The monoisotopic (exact) mass is 518 g/mol. The Balaban J connectivity index is 2.15. The van der Waals surface area contributed by atoms with Crippen LogP contribution >= 0.6 is 35.1 Å². The number of aliphatic hydroxyl groups is 2. The van der Waals surface area contributed by atoms with Crippen LogP contribution in [0.2, 0.25) is 0 Å². The van der Waals surface area contributed by atoms with Crippen molar-refractivity contribution in [2.75, 3.05) is 6.61 Å². The predicted octanol–water partition coefficient (Wildman–Crippen LogP) is -1.93. The molecule has 2 unspecified atom stereocenters. The van der Waals surface area contributed by atoms with Crippen molar-refractivity contribution in [2.45, 2.75) is 23.5 Å². The number of halogens is 1. The Hall–Kier alpha value is -0.740. The number of alkyl halides is 1. The first-order valence-electron chi connectivity index (χ1n) is 7.27. The molecule has 0 amide bonds. The average Bonchev–Trinajstić information content (AvgIpc) is 2.75. The van der Waals surface area contributed by atoms with Crippen molar-refractivity contribution in [3.63, 3.8) is 0 Å². The summed E-state index contributed by atoms with van der Waals surface area (Å²) in [5, 5.41) is 17.6. The van der Waals surface area contributed by atoms with Gasteiger partial charge < -0.3 is 34.5 Å². The van der Waals surface area contributed by atoms with Crippen LogP contribution < -0.4 is 11.2 Å². The van der Waals surface area contributed by atoms with Crippen LogP contribution in [0.1, 0.15) is 6.23 Å². The van der Waals surface area contributed by atoms with Gasteiger partial charge in [-0.05, 0) is 0 Å². The fourth-order valence-electron chi connectivity index (χ4n) is 2.19. The molecule has 30 heavy (non-hydrogen) atoms. The Labute approximate surface area is 169 Å². The highest BCUT2D eigenvalue weighted by Gasteiger charge is 2.56. The summed E-state index contributed by atoms with van der Waals surface area (Å²) in [4.78, 5) is 60.1. The molecule has 1 aliphatic heterocycles. The molecule has 0 saturated carbocycles. The number of phosphoric acid groups is 3. The molecule has 2 rings (SSSR count). The van der Waals surface area contributed by atoms with Crippen LogP contribution in [-0.2, 0) is 31.6 Å². The average molecular weight is 519 g/mol. The molecule has 17 nitrogen and oxygen atoms in total. The lowest BCUT2D eigenvalue weighted by Gasteiger charge is -2.25. The van der Waals surface area contributed by atoms with Crippen LogP contribution in [0.5, 0.6) is 0 Å². The number of aromatic amines is 1. The molecule has 1 aromatic rings. The number of hydrogen-bond donors (Lipinski definition) is 7. The molecule has 1 fully saturated rings. The van der Waals surface area contributed by atoms with Gasteiger partial charge in [-0.2, -0.15) is 8.62 Å². The molecule has 1 saturated heterocycles. The largest absolute Gasteiger partial charge is 0.490 e. The zero-order chi connectivity index (χ0) is 23.1. The second-order valence-electron chi connectivity index (χ2n) is 5.61. The molecule has 21 heteroatoms. The maximum atomic E-state index is 11.8. The third-order valence-corrected chi connectivity index (χ3v) is 7.54. The molecular formula is C9H14ClN2O15P3. The van der Waals surface area contributed by atoms with E-state index in [9.17, 15) is 38.4 Å². The van der Waals surface area contributed by atoms with E-state index >= 15 is 0 Å². The van der Waals surface area contributed by atoms with Crippen molar-refractivity contribution in [3.8, 4) is 0 Å². The minimum absolute atomic E-state index is 0.629. The number of nitrogens with one attached hydrogen (secondary N) is 1. The Kier molecular flexibility index (Phi) is 7.36. The van der Waals surface area contributed by atoms with E-state index in [1.165, 1.54) is 0 Å². The first-order valence-corrected chi connectivity index (χ1v) is 12.2. The second kappa shape index (κ2) is 8.65. The number of phosphoric ester groups is 1. The van der Waals surface area contributed by atoms with Gasteiger partial charge in [0, 0.05) is 12.3 Å². The topological polar surface area (TPSA) is 264 Å². The van der Waals surface area contributed by atoms with E-state index in [0.717, 1.165) is 12.3 Å². The van der Waals surface area contributed by atoms with Crippen molar-refractivity contribution < 1.29 is 61.4 Å². The van der Waals surface area contributed by atoms with Crippen molar-refractivity contribution in [1.82, 2.24) is 9.55 Å². The first kappa shape index (κ1) is 25.5. The molecular weight excluding hydrogens is 504 g/mol. The standard InChI is InChI=1S/C9H14ClN2O15P3/c10-9(3-24-29(20,21)27-30(22,23)26-28(17,18)19)6(15)5(14)7(25-9)12-2-1-4(13)11-8(12)16/h1-2,5-7,14-15H,3H2,(H,20,21)(H,22,23)(H,11,13,16)(H2,17,18,19)/t5-,6+,7-,9-/m1/s1. The zero-order valence-corrected chi connectivity index (χ0v) is 17.6. The van der Waals surface area contributed by atoms with Crippen LogP contribution in [0.25, 0.3) is 0 Å². The molecule has 2 heterocycles. The Morgan fingerprint density at radius 2 is 1.73 bits per heavy atom. The minimum atomic E-state index is -5.79. The highest BCUT2D eigenvalue weighted by Crippen LogP contribution is 2.66. The molecule has 0 radical (unpaired) electrons. The van der Waals surface area contributed by atoms with Crippen molar-refractivity contribution in [3.05, 3.63) is 33.1 Å². The van der Waals surface area contributed by atoms with Crippen LogP contribution in [0.3, 0.4) is 0 Å². The number of ether oxygens (including phenoxy) is 1. The summed E-state index contributed by atoms with van der Waals surface area (Å²) >= 11 is 5.91. The number of H-pyrrole nitrogens is 1. The first-order chi connectivity index (χ1) is 13.4. The summed E-state index contributed by atoms with van der Waals surface area (Å²) in [5.41, 5.74) is -1.85. The van der Waals surface area contributed by atoms with E-state index in [1.807, 2.05) is 4.98 Å². The van der Waals surface area contributed by atoms with Gasteiger partial charge >= 0.3 is 29.2 Å². The summed E-state index contributed by atoms with van der Waals surface area (Å²) in [7, 11) is -17.0. The quantitative estimate of drug-likeness (QED) is 0.146. The number of hydrogen-bond acceptors (Lipinski definition) is 11. The third-order valence-electron chi connectivity index (χ3n) is 3.34. The number of rotatable bonds is 8. The van der Waals surface area contributed by atoms with Crippen LogP contribution in [0.4, 0.5) is 0 Å². The summed E-state index contributed by atoms with van der Waals surface area (Å²) in [6.45, 7) is -1.31. The number of aliphatic hydroxyl groups excluding tert-OH is 2. The normalized spacial score (nSPS) is 31.2. The van der Waals surface area contributed by atoms with Crippen LogP contribution in [0.15, 0.2) is 21.9 Å². The van der Waals surface area contributed by atoms with Gasteiger partial charge in [0.2, 0.25) is 0 Å². The van der Waals surface area contributed by atoms with Gasteiger partial charge in [-0.1, -0.05) is 11.6 Å². The fourth-order valence-corrected chi connectivity index (χ4v) is 5.59. The van der Waals surface area contributed by atoms with Gasteiger partial charge in [-0.15, -0.1) is 0 Å². The van der Waals surface area contributed by atoms with Gasteiger partial charge in [-0.3, -0.25) is 18.9 Å². The lowest BCUT2D eigenvalue weighted by molar-refractivity contribution is -0.0773. The van der Waals surface area contributed by atoms with Gasteiger partial charge in [0.15, 0.2) is 11.3 Å². The second-order valence-corrected chi connectivity index (χ2v) is 10.7. The molecule has 0 aliphatic carbocycles. The van der Waals surface area contributed by atoms with E-state index in [4.69, 9.17) is 31.0 Å². The maximum absolute atomic E-state index is 11.8. The minimum Gasteiger partial charge on any atom is -0.386 e. The maximum Gasteiger partial charge on any atom is 0.490 e. The molecule has 1 aromatic heterocycles. The van der Waals surface area contributed by atoms with Gasteiger partial charge in [0.1, 0.15) is 18.8 Å². The van der Waals surface area contributed by atoms with Crippen LogP contribution in [0, 0.1) is 0 Å². The lowest BCUT2D eigenvalue weighted by Crippen LogP contribution is -2.42. The molecule has 7 N–H and O–H groups in total. The summed E-state index contributed by atoms with van der Waals surface area (Å²) < 4.78 is 50.6. The van der Waals surface area contributed by atoms with Gasteiger partial charge in [0.05, 0.1) is 0 Å². The highest BCUT2D eigenvalue weighted by atomic mass is 35.5.